The molecule has 2 aromatic rings. The minimum absolute atomic E-state index is 0.166. The first kappa shape index (κ1) is 19.7. The molecule has 0 radical (unpaired) electrons. The van der Waals surface area contributed by atoms with Crippen molar-refractivity contribution in [1.29, 1.82) is 0 Å². The van der Waals surface area contributed by atoms with Crippen LogP contribution in [-0.2, 0) is 22.7 Å². The molecule has 0 saturated carbocycles. The van der Waals surface area contributed by atoms with E-state index in [0.29, 0.717) is 36.9 Å². The zero-order chi connectivity index (χ0) is 21.4. The summed E-state index contributed by atoms with van der Waals surface area (Å²) in [5.74, 6) is -0.177. The molecule has 10 nitrogen and oxygen atoms in total. The average molecular weight is 423 g/mol. The SMILES string of the molecule is O=C1CCC(N2Cc3cccc(CNc4cnn(C5CCNCC5)n4)c3C2=O)C(=O)N1. The molecule has 1 atom stereocenters. The third kappa shape index (κ3) is 3.78. The van der Waals surface area contributed by atoms with Crippen LogP contribution >= 0.6 is 0 Å². The third-order valence-electron chi connectivity index (χ3n) is 6.24. The van der Waals surface area contributed by atoms with Gasteiger partial charge in [0.2, 0.25) is 11.8 Å². The minimum atomic E-state index is -0.608. The number of carbonyl (C=O) groups is 3. The van der Waals surface area contributed by atoms with Crippen LogP contribution in [0.2, 0.25) is 0 Å². The molecular weight excluding hydrogens is 398 g/mol. The van der Waals surface area contributed by atoms with Crippen LogP contribution < -0.4 is 16.0 Å². The monoisotopic (exact) mass is 423 g/mol. The number of amides is 3. The van der Waals surface area contributed by atoms with E-state index in [2.05, 4.69) is 26.1 Å². The van der Waals surface area contributed by atoms with E-state index in [1.165, 1.54) is 0 Å². The molecule has 3 aliphatic heterocycles. The van der Waals surface area contributed by atoms with E-state index in [1.807, 2.05) is 18.2 Å². The summed E-state index contributed by atoms with van der Waals surface area (Å²) in [5, 5.41) is 17.9. The lowest BCUT2D eigenvalue weighted by Gasteiger charge is -2.29. The van der Waals surface area contributed by atoms with Gasteiger partial charge in [0.25, 0.3) is 5.91 Å². The molecule has 3 aliphatic rings. The zero-order valence-electron chi connectivity index (χ0n) is 17.1. The van der Waals surface area contributed by atoms with Gasteiger partial charge in [-0.25, -0.2) is 0 Å². The van der Waals surface area contributed by atoms with Crippen LogP contribution in [0.1, 0.15) is 53.2 Å². The zero-order valence-corrected chi connectivity index (χ0v) is 17.1. The van der Waals surface area contributed by atoms with Gasteiger partial charge in [-0.1, -0.05) is 18.2 Å². The molecule has 0 bridgehead atoms. The number of carbonyl (C=O) groups excluding carboxylic acids is 3. The maximum Gasteiger partial charge on any atom is 0.255 e. The van der Waals surface area contributed by atoms with Crippen LogP contribution in [0.4, 0.5) is 5.82 Å². The molecule has 10 heteroatoms. The van der Waals surface area contributed by atoms with Crippen LogP contribution in [0.5, 0.6) is 0 Å². The number of piperidine rings is 2. The Morgan fingerprint density at radius 3 is 2.77 bits per heavy atom. The Bertz CT molecular complexity index is 1030. The summed E-state index contributed by atoms with van der Waals surface area (Å²) in [7, 11) is 0. The van der Waals surface area contributed by atoms with Crippen LogP contribution in [0.15, 0.2) is 24.4 Å². The van der Waals surface area contributed by atoms with Crippen LogP contribution in [0.3, 0.4) is 0 Å². The Kier molecular flexibility index (Phi) is 5.14. The first-order valence-electron chi connectivity index (χ1n) is 10.7. The second-order valence-electron chi connectivity index (χ2n) is 8.24. The Morgan fingerprint density at radius 1 is 1.13 bits per heavy atom. The molecule has 1 aromatic heterocycles. The second kappa shape index (κ2) is 8.10. The standard InChI is InChI=1S/C21H25N7O3/c29-18-5-4-16(20(30)25-18)27-12-14-3-1-2-13(19(14)21(27)31)10-23-17-11-24-28(26-17)15-6-8-22-9-7-15/h1-3,11,15-16,22H,4-10,12H2,(H,23,26)(H,25,29,30). The van der Waals surface area contributed by atoms with E-state index < -0.39 is 11.9 Å². The highest BCUT2D eigenvalue weighted by molar-refractivity contribution is 6.06. The van der Waals surface area contributed by atoms with E-state index in [-0.39, 0.29) is 18.2 Å². The number of rotatable bonds is 5. The first-order valence-corrected chi connectivity index (χ1v) is 10.7. The number of imide groups is 1. The number of benzene rings is 1. The normalized spacial score (nSPS) is 21.9. The van der Waals surface area contributed by atoms with Crippen molar-refractivity contribution in [3.63, 3.8) is 0 Å². The summed E-state index contributed by atoms with van der Waals surface area (Å²) in [4.78, 5) is 40.2. The fourth-order valence-electron chi connectivity index (χ4n) is 4.59. The van der Waals surface area contributed by atoms with Gasteiger partial charge in [0.05, 0.1) is 12.2 Å². The number of anilines is 1. The summed E-state index contributed by atoms with van der Waals surface area (Å²) < 4.78 is 0. The third-order valence-corrected chi connectivity index (χ3v) is 6.24. The largest absolute Gasteiger partial charge is 0.363 e. The highest BCUT2D eigenvalue weighted by Crippen LogP contribution is 2.30. The summed E-state index contributed by atoms with van der Waals surface area (Å²) in [6.07, 6.45) is 4.33. The lowest BCUT2D eigenvalue weighted by Crippen LogP contribution is -2.52. The van der Waals surface area contributed by atoms with Crippen molar-refractivity contribution in [2.45, 2.75) is 50.9 Å². The molecule has 0 spiro atoms. The molecule has 2 fully saturated rings. The molecule has 31 heavy (non-hydrogen) atoms. The van der Waals surface area contributed by atoms with E-state index in [0.717, 1.165) is 37.1 Å². The van der Waals surface area contributed by atoms with Gasteiger partial charge in [0.1, 0.15) is 6.04 Å². The van der Waals surface area contributed by atoms with E-state index in [4.69, 9.17) is 0 Å². The summed E-state index contributed by atoms with van der Waals surface area (Å²) >= 11 is 0. The molecule has 1 unspecified atom stereocenters. The van der Waals surface area contributed by atoms with Crippen molar-refractivity contribution in [2.24, 2.45) is 0 Å². The highest BCUT2D eigenvalue weighted by atomic mass is 16.2. The van der Waals surface area contributed by atoms with Gasteiger partial charge < -0.3 is 15.5 Å². The van der Waals surface area contributed by atoms with Crippen molar-refractivity contribution < 1.29 is 14.4 Å². The first-order chi connectivity index (χ1) is 15.1. The van der Waals surface area contributed by atoms with Gasteiger partial charge in [-0.2, -0.15) is 9.90 Å². The Balaban J connectivity index is 1.28. The van der Waals surface area contributed by atoms with Gasteiger partial charge in [0.15, 0.2) is 5.82 Å². The summed E-state index contributed by atoms with van der Waals surface area (Å²) in [6.45, 7) is 2.75. The number of hydrogen-bond acceptors (Lipinski definition) is 7. The molecular formula is C21H25N7O3. The van der Waals surface area contributed by atoms with E-state index in [1.54, 1.807) is 15.9 Å². The predicted molar refractivity (Wildman–Crippen MR) is 111 cm³/mol. The van der Waals surface area contributed by atoms with Gasteiger partial charge in [-0.15, -0.1) is 5.10 Å². The van der Waals surface area contributed by atoms with E-state index in [9.17, 15) is 14.4 Å². The van der Waals surface area contributed by atoms with Gasteiger partial charge >= 0.3 is 0 Å². The molecule has 3 N–H and O–H groups in total. The number of nitrogens with one attached hydrogen (secondary N) is 3. The molecule has 0 aliphatic carbocycles. The number of hydrogen-bond donors (Lipinski definition) is 3. The summed E-state index contributed by atoms with van der Waals surface area (Å²) in [6, 6.07) is 5.44. The van der Waals surface area contributed by atoms with Gasteiger partial charge in [-0.05, 0) is 43.5 Å². The average Bonchev–Trinajstić information content (AvgIpc) is 3.38. The fraction of sp³-hybridized carbons (Fsp3) is 0.476. The van der Waals surface area contributed by atoms with Crippen molar-refractivity contribution in [2.75, 3.05) is 18.4 Å². The predicted octanol–water partition coefficient (Wildman–Crippen LogP) is 0.576. The quantitative estimate of drug-likeness (QED) is 0.602. The fourth-order valence-corrected chi connectivity index (χ4v) is 4.59. The molecule has 162 valence electrons. The molecule has 1 aromatic carbocycles. The van der Waals surface area contributed by atoms with Gasteiger partial charge in [-0.3, -0.25) is 19.7 Å². The van der Waals surface area contributed by atoms with Gasteiger partial charge in [0, 0.05) is 25.1 Å². The second-order valence-corrected chi connectivity index (χ2v) is 8.24. The van der Waals surface area contributed by atoms with Crippen LogP contribution in [0, 0.1) is 0 Å². The highest BCUT2D eigenvalue weighted by Gasteiger charge is 2.39. The maximum atomic E-state index is 13.2. The topological polar surface area (TPSA) is 121 Å². The lowest BCUT2D eigenvalue weighted by molar-refractivity contribution is -0.136. The van der Waals surface area contributed by atoms with E-state index >= 15 is 0 Å². The lowest BCUT2D eigenvalue weighted by atomic mass is 10.0. The van der Waals surface area contributed by atoms with Crippen LogP contribution in [-0.4, -0.2) is 56.7 Å². The molecule has 4 heterocycles. The Hall–Kier alpha value is -3.27. The number of nitrogens with zero attached hydrogens (tertiary/aromatic N) is 4. The molecule has 5 rings (SSSR count). The van der Waals surface area contributed by atoms with Crippen molar-refractivity contribution in [1.82, 2.24) is 30.5 Å². The minimum Gasteiger partial charge on any atom is -0.363 e. The smallest absolute Gasteiger partial charge is 0.255 e. The van der Waals surface area contributed by atoms with Crippen LogP contribution in [0.25, 0.3) is 0 Å². The Labute approximate surface area is 179 Å². The number of fused-ring (bicyclic) bond motifs is 1. The Morgan fingerprint density at radius 2 is 1.97 bits per heavy atom. The summed E-state index contributed by atoms with van der Waals surface area (Å²) in [5.41, 5.74) is 2.38. The van der Waals surface area contributed by atoms with Crippen molar-refractivity contribution in [3.8, 4) is 0 Å². The van der Waals surface area contributed by atoms with Crippen molar-refractivity contribution in [3.05, 3.63) is 41.1 Å². The maximum absolute atomic E-state index is 13.2. The number of aromatic nitrogens is 3. The molecule has 3 amide bonds. The van der Waals surface area contributed by atoms with Crippen molar-refractivity contribution >= 4 is 23.5 Å². The molecule has 2 saturated heterocycles.